The highest BCUT2D eigenvalue weighted by atomic mass is 35.6. The number of alkyl halides is 3. The summed E-state index contributed by atoms with van der Waals surface area (Å²) in [4.78, 5) is 63.5. The molecule has 15 heteroatoms. The summed E-state index contributed by atoms with van der Waals surface area (Å²) in [6, 6.07) is 8.21. The number of hydrogen-bond donors (Lipinski definition) is 2. The van der Waals surface area contributed by atoms with Gasteiger partial charge in [0.2, 0.25) is 3.79 Å². The molecule has 12 nitrogen and oxygen atoms in total. The second-order valence-electron chi connectivity index (χ2n) is 14.0. The van der Waals surface area contributed by atoms with E-state index in [-0.39, 0.29) is 5.92 Å². The highest BCUT2D eigenvalue weighted by Crippen LogP contribution is 2.39. The third kappa shape index (κ3) is 11.0. The fraction of sp³-hybridized carbons (Fsp3) is 0.568. The van der Waals surface area contributed by atoms with Crippen molar-refractivity contribution >= 4 is 81.2 Å². The van der Waals surface area contributed by atoms with Crippen LogP contribution in [0.1, 0.15) is 90.3 Å². The molecule has 2 N–H and O–H groups in total. The van der Waals surface area contributed by atoms with Gasteiger partial charge in [0.15, 0.2) is 6.10 Å². The van der Waals surface area contributed by atoms with E-state index in [0.29, 0.717) is 45.1 Å². The molecule has 4 rings (SSSR count). The summed E-state index contributed by atoms with van der Waals surface area (Å²) in [5, 5.41) is 9.09. The van der Waals surface area contributed by atoms with Crippen LogP contribution < -0.4 is 10.7 Å². The molecule has 0 bridgehead atoms. The van der Waals surface area contributed by atoms with E-state index in [1.165, 1.54) is 19.0 Å². The van der Waals surface area contributed by atoms with Gasteiger partial charge in [0.1, 0.15) is 25.8 Å². The topological polar surface area (TPSA) is 149 Å². The van der Waals surface area contributed by atoms with Gasteiger partial charge in [-0.15, -0.1) is 0 Å². The number of amides is 2. The molecule has 2 aromatic rings. The number of rotatable bonds is 12. The lowest BCUT2D eigenvalue weighted by atomic mass is 9.73. The third-order valence-corrected chi connectivity index (χ3v) is 9.54. The Bertz CT molecular complexity index is 1670. The number of nitrogens with one attached hydrogen (secondary N) is 2. The van der Waals surface area contributed by atoms with E-state index in [9.17, 15) is 19.2 Å². The van der Waals surface area contributed by atoms with Crippen LogP contribution in [0.15, 0.2) is 41.6 Å². The first-order valence-corrected chi connectivity index (χ1v) is 18.7. The van der Waals surface area contributed by atoms with Crippen molar-refractivity contribution < 1.29 is 33.5 Å². The van der Waals surface area contributed by atoms with Crippen molar-refractivity contribution in [3.05, 3.63) is 47.7 Å². The molecule has 2 amide bonds. The molecule has 1 aromatic carbocycles. The quantitative estimate of drug-likeness (QED) is 0.142. The summed E-state index contributed by atoms with van der Waals surface area (Å²) in [5.74, 6) is -2.43. The van der Waals surface area contributed by atoms with Crippen LogP contribution in [0, 0.1) is 11.3 Å². The maximum absolute atomic E-state index is 14.1. The first kappa shape index (κ1) is 41.3. The van der Waals surface area contributed by atoms with Crippen molar-refractivity contribution in [2.75, 3.05) is 20.3 Å². The Labute approximate surface area is 319 Å². The van der Waals surface area contributed by atoms with Crippen LogP contribution in [0.4, 0.5) is 0 Å². The second-order valence-corrected chi connectivity index (χ2v) is 16.5. The second kappa shape index (κ2) is 18.1. The molecule has 1 saturated heterocycles. The number of fused-ring (bicyclic) bond motifs is 1. The van der Waals surface area contributed by atoms with Gasteiger partial charge in [-0.3, -0.25) is 29.2 Å². The van der Waals surface area contributed by atoms with Crippen LogP contribution in [0.3, 0.4) is 0 Å². The fourth-order valence-corrected chi connectivity index (χ4v) is 6.32. The molecule has 52 heavy (non-hydrogen) atoms. The number of pyridine rings is 1. The van der Waals surface area contributed by atoms with Crippen molar-refractivity contribution in [3.63, 3.8) is 0 Å². The number of carbonyl (C=O) groups is 4. The maximum Gasteiger partial charge on any atom is 0.325 e. The van der Waals surface area contributed by atoms with Gasteiger partial charge < -0.3 is 19.6 Å². The van der Waals surface area contributed by atoms with Crippen LogP contribution in [-0.2, 0) is 33.5 Å². The lowest BCUT2D eigenvalue weighted by molar-refractivity contribution is -0.167. The van der Waals surface area contributed by atoms with E-state index in [0.717, 1.165) is 27.9 Å². The van der Waals surface area contributed by atoms with Crippen LogP contribution in [0.25, 0.3) is 17.0 Å². The van der Waals surface area contributed by atoms with Crippen LogP contribution >= 0.6 is 34.8 Å². The standard InChI is InChI=1S/C37H48Cl3N5O7/c1-22(2)28-12-11-26-10-9-25(20-30(26)42-28)13-16-36(17-14-27(15-18-36)44-50-6)35(49)52-31(23(3)4)32(46)41-24(5)33(47)45-19-7-8-29(43-45)34(48)51-21-37(38,39)40/h9-13,16,20,22-24,29,31,43H,7-8,14-15,17-19,21H2,1-6H3,(H,41,46)/b16-13+,44-27?/t24-,29?,31-,36?/m0/s1. The summed E-state index contributed by atoms with van der Waals surface area (Å²) < 4.78 is 9.32. The Kier molecular flexibility index (Phi) is 14.3. The van der Waals surface area contributed by atoms with Crippen molar-refractivity contribution in [3.8, 4) is 0 Å². The number of hydrazine groups is 1. The predicted octanol–water partition coefficient (Wildman–Crippen LogP) is 6.42. The Hall–Kier alpha value is -3.45. The molecule has 3 atom stereocenters. The molecule has 0 radical (unpaired) electrons. The van der Waals surface area contributed by atoms with Gasteiger partial charge in [-0.2, -0.15) is 0 Å². The molecular formula is C37H48Cl3N5O7. The maximum atomic E-state index is 14.1. The zero-order chi connectivity index (χ0) is 38.2. The number of benzene rings is 1. The molecular weight excluding hydrogens is 733 g/mol. The molecule has 2 heterocycles. The van der Waals surface area contributed by atoms with Crippen molar-refractivity contribution in [1.82, 2.24) is 20.7 Å². The first-order valence-electron chi connectivity index (χ1n) is 17.5. The summed E-state index contributed by atoms with van der Waals surface area (Å²) in [6.07, 6.45) is 5.32. The van der Waals surface area contributed by atoms with Crippen LogP contribution in [0.5, 0.6) is 0 Å². The molecule has 1 saturated carbocycles. The Morgan fingerprint density at radius 1 is 1.10 bits per heavy atom. The lowest BCUT2D eigenvalue weighted by Crippen LogP contribution is -2.60. The molecule has 2 fully saturated rings. The normalized spacial score (nSPS) is 20.9. The fourth-order valence-electron chi connectivity index (χ4n) is 6.16. The SMILES string of the molecule is CON=C1CCC(/C=C/c2ccc3ccc(C(C)C)nc3c2)(C(=O)O[C@H](C(=O)N[C@@H](C)C(=O)N2CCCC(C(=O)OCC(Cl)(Cl)Cl)N2)C(C)C)CC1. The van der Waals surface area contributed by atoms with Crippen molar-refractivity contribution in [1.29, 1.82) is 0 Å². The van der Waals surface area contributed by atoms with Gasteiger partial charge in [0, 0.05) is 17.6 Å². The van der Waals surface area contributed by atoms with Crippen LogP contribution in [-0.4, -0.2) is 81.7 Å². The predicted molar refractivity (Wildman–Crippen MR) is 202 cm³/mol. The third-order valence-electron chi connectivity index (χ3n) is 9.21. The number of aromatic nitrogens is 1. The molecule has 1 aromatic heterocycles. The number of carbonyl (C=O) groups excluding carboxylic acids is 4. The molecule has 2 aliphatic rings. The average Bonchev–Trinajstić information content (AvgIpc) is 3.11. The number of esters is 2. The van der Waals surface area contributed by atoms with Gasteiger partial charge >= 0.3 is 11.9 Å². The van der Waals surface area contributed by atoms with E-state index >= 15 is 0 Å². The highest BCUT2D eigenvalue weighted by molar-refractivity contribution is 6.67. The molecule has 1 unspecified atom stereocenters. The monoisotopic (exact) mass is 779 g/mol. The van der Waals surface area contributed by atoms with Gasteiger partial charge in [-0.1, -0.05) is 98.0 Å². The Morgan fingerprint density at radius 3 is 2.42 bits per heavy atom. The number of nitrogens with zero attached hydrogens (tertiary/aromatic N) is 3. The van der Waals surface area contributed by atoms with E-state index in [4.69, 9.17) is 54.1 Å². The summed E-state index contributed by atoms with van der Waals surface area (Å²) in [6.45, 7) is 9.11. The minimum Gasteiger partial charge on any atom is -0.460 e. The van der Waals surface area contributed by atoms with E-state index in [1.54, 1.807) is 13.8 Å². The first-order chi connectivity index (χ1) is 24.5. The summed E-state index contributed by atoms with van der Waals surface area (Å²) >= 11 is 17.1. The minimum absolute atomic E-state index is 0.282. The average molecular weight is 781 g/mol. The largest absolute Gasteiger partial charge is 0.460 e. The van der Waals surface area contributed by atoms with Gasteiger partial charge in [-0.05, 0) is 75.0 Å². The van der Waals surface area contributed by atoms with E-state index in [2.05, 4.69) is 35.8 Å². The van der Waals surface area contributed by atoms with E-state index < -0.39 is 63.7 Å². The van der Waals surface area contributed by atoms with Gasteiger partial charge in [-0.25, -0.2) is 5.43 Å². The highest BCUT2D eigenvalue weighted by Gasteiger charge is 2.43. The zero-order valence-electron chi connectivity index (χ0n) is 30.4. The Morgan fingerprint density at radius 2 is 1.79 bits per heavy atom. The number of ether oxygens (including phenoxy) is 2. The molecule has 0 spiro atoms. The van der Waals surface area contributed by atoms with E-state index in [1.807, 2.05) is 36.4 Å². The van der Waals surface area contributed by atoms with Gasteiger partial charge in [0.05, 0.1) is 16.6 Å². The number of hydrogen-bond acceptors (Lipinski definition) is 10. The Balaban J connectivity index is 1.47. The van der Waals surface area contributed by atoms with Gasteiger partial charge in [0.25, 0.3) is 11.8 Å². The number of oxime groups is 1. The van der Waals surface area contributed by atoms with Crippen molar-refractivity contribution in [2.45, 2.75) is 101 Å². The molecule has 1 aliphatic heterocycles. The smallest absolute Gasteiger partial charge is 0.325 e. The van der Waals surface area contributed by atoms with Crippen LogP contribution in [0.2, 0.25) is 0 Å². The molecule has 284 valence electrons. The zero-order valence-corrected chi connectivity index (χ0v) is 32.7. The molecule has 1 aliphatic carbocycles. The summed E-state index contributed by atoms with van der Waals surface area (Å²) in [5.41, 5.74) is 5.38. The lowest BCUT2D eigenvalue weighted by Gasteiger charge is -2.36. The number of halogens is 3. The van der Waals surface area contributed by atoms with Crippen molar-refractivity contribution in [2.24, 2.45) is 16.5 Å². The minimum atomic E-state index is -1.77. The summed E-state index contributed by atoms with van der Waals surface area (Å²) in [7, 11) is 1.49.